The molecule has 4 heteroatoms. The first kappa shape index (κ1) is 13.2. The van der Waals surface area contributed by atoms with E-state index in [9.17, 15) is 0 Å². The van der Waals surface area contributed by atoms with Gasteiger partial charge in [-0.1, -0.05) is 0 Å². The second-order valence-corrected chi connectivity index (χ2v) is 6.07. The molecule has 1 unspecified atom stereocenters. The maximum Gasteiger partial charge on any atom is 0.0646 e. The van der Waals surface area contributed by atoms with Crippen LogP contribution in [0, 0.1) is 0 Å². The summed E-state index contributed by atoms with van der Waals surface area (Å²) < 4.78 is 5.77. The Morgan fingerprint density at radius 2 is 2.15 bits per heavy atom. The third-order valence-corrected chi connectivity index (χ3v) is 3.91. The molecule has 1 fully saturated rings. The Morgan fingerprint density at radius 3 is 2.95 bits per heavy atom. The van der Waals surface area contributed by atoms with Crippen molar-refractivity contribution >= 4 is 22.1 Å². The number of pyridine rings is 1. The fourth-order valence-electron chi connectivity index (χ4n) is 2.91. The van der Waals surface area contributed by atoms with Crippen LogP contribution in [0.3, 0.4) is 0 Å². The van der Waals surface area contributed by atoms with E-state index in [-0.39, 0.29) is 5.60 Å². The number of nitrogens with two attached hydrogens (primary N) is 1. The van der Waals surface area contributed by atoms with Crippen LogP contribution in [-0.4, -0.2) is 23.2 Å². The monoisotopic (exact) mass is 271 g/mol. The van der Waals surface area contributed by atoms with E-state index in [2.05, 4.69) is 24.1 Å². The molecule has 0 radical (unpaired) electrons. The Morgan fingerprint density at radius 1 is 1.30 bits per heavy atom. The van der Waals surface area contributed by atoms with Gasteiger partial charge >= 0.3 is 0 Å². The lowest BCUT2D eigenvalue weighted by Crippen LogP contribution is -2.40. The van der Waals surface area contributed by atoms with Gasteiger partial charge in [-0.3, -0.25) is 4.98 Å². The van der Waals surface area contributed by atoms with Crippen molar-refractivity contribution in [2.45, 2.75) is 38.3 Å². The SMILES string of the molecule is CC1(C)CC(Nc2ccc(N)c3ccncc23)CCO1. The van der Waals surface area contributed by atoms with Gasteiger partial charge < -0.3 is 15.8 Å². The van der Waals surface area contributed by atoms with E-state index in [0.29, 0.717) is 6.04 Å². The van der Waals surface area contributed by atoms with Crippen LogP contribution in [0.4, 0.5) is 11.4 Å². The Balaban J connectivity index is 1.90. The number of fused-ring (bicyclic) bond motifs is 1. The highest BCUT2D eigenvalue weighted by Crippen LogP contribution is 2.31. The number of nitrogens with one attached hydrogen (secondary N) is 1. The van der Waals surface area contributed by atoms with Crippen LogP contribution in [0.25, 0.3) is 10.8 Å². The molecule has 106 valence electrons. The van der Waals surface area contributed by atoms with Crippen LogP contribution in [-0.2, 0) is 4.74 Å². The quantitative estimate of drug-likeness (QED) is 0.824. The molecular weight excluding hydrogens is 250 g/mol. The second kappa shape index (κ2) is 4.94. The average molecular weight is 271 g/mol. The maximum absolute atomic E-state index is 6.03. The van der Waals surface area contributed by atoms with Crippen LogP contribution >= 0.6 is 0 Å². The molecule has 1 aliphatic heterocycles. The molecule has 1 aliphatic rings. The van der Waals surface area contributed by atoms with Gasteiger partial charge in [0, 0.05) is 47.2 Å². The minimum absolute atomic E-state index is 0.0578. The molecule has 0 aliphatic carbocycles. The number of benzene rings is 1. The molecule has 1 aromatic heterocycles. The normalized spacial score (nSPS) is 21.8. The van der Waals surface area contributed by atoms with E-state index in [1.54, 1.807) is 6.20 Å². The zero-order valence-electron chi connectivity index (χ0n) is 12.0. The Hall–Kier alpha value is -1.81. The first-order valence-electron chi connectivity index (χ1n) is 7.08. The number of hydrogen-bond acceptors (Lipinski definition) is 4. The predicted molar refractivity (Wildman–Crippen MR) is 82.8 cm³/mol. The molecule has 3 rings (SSSR count). The van der Waals surface area contributed by atoms with Crippen LogP contribution in [0.2, 0.25) is 0 Å². The van der Waals surface area contributed by atoms with Crippen molar-refractivity contribution in [3.63, 3.8) is 0 Å². The summed E-state index contributed by atoms with van der Waals surface area (Å²) in [6, 6.07) is 6.38. The summed E-state index contributed by atoms with van der Waals surface area (Å²) in [5.74, 6) is 0. The predicted octanol–water partition coefficient (Wildman–Crippen LogP) is 3.19. The van der Waals surface area contributed by atoms with Crippen molar-refractivity contribution in [1.29, 1.82) is 0 Å². The summed E-state index contributed by atoms with van der Waals surface area (Å²) in [5.41, 5.74) is 7.86. The van der Waals surface area contributed by atoms with Crippen molar-refractivity contribution in [2.24, 2.45) is 0 Å². The lowest BCUT2D eigenvalue weighted by Gasteiger charge is -2.36. The van der Waals surface area contributed by atoms with E-state index in [0.717, 1.165) is 41.6 Å². The van der Waals surface area contributed by atoms with Gasteiger partial charge in [0.05, 0.1) is 5.60 Å². The lowest BCUT2D eigenvalue weighted by atomic mass is 9.93. The fraction of sp³-hybridized carbons (Fsp3) is 0.438. The van der Waals surface area contributed by atoms with Crippen LogP contribution in [0.5, 0.6) is 0 Å². The Kier molecular flexibility index (Phi) is 3.26. The molecular formula is C16H21N3O. The molecule has 4 nitrogen and oxygen atoms in total. The first-order valence-corrected chi connectivity index (χ1v) is 7.08. The summed E-state index contributed by atoms with van der Waals surface area (Å²) in [4.78, 5) is 4.22. The number of nitrogen functional groups attached to an aromatic ring is 1. The zero-order chi connectivity index (χ0) is 14.2. The molecule has 0 amide bonds. The molecule has 2 heterocycles. The molecule has 2 aromatic rings. The highest BCUT2D eigenvalue weighted by molar-refractivity contribution is 6.00. The molecule has 0 bridgehead atoms. The van der Waals surface area contributed by atoms with Crippen LogP contribution in [0.1, 0.15) is 26.7 Å². The minimum Gasteiger partial charge on any atom is -0.398 e. The molecule has 3 N–H and O–H groups in total. The number of aromatic nitrogens is 1. The van der Waals surface area contributed by atoms with E-state index in [1.165, 1.54) is 0 Å². The number of hydrogen-bond donors (Lipinski definition) is 2. The van der Waals surface area contributed by atoms with Gasteiger partial charge in [0.1, 0.15) is 0 Å². The van der Waals surface area contributed by atoms with Crippen LogP contribution in [0.15, 0.2) is 30.6 Å². The molecule has 0 spiro atoms. The molecule has 1 atom stereocenters. The molecule has 20 heavy (non-hydrogen) atoms. The molecule has 0 saturated carbocycles. The molecule has 1 saturated heterocycles. The third kappa shape index (κ3) is 2.56. The van der Waals surface area contributed by atoms with E-state index in [4.69, 9.17) is 10.5 Å². The summed E-state index contributed by atoms with van der Waals surface area (Å²) in [7, 11) is 0. The Bertz CT molecular complexity index is 624. The second-order valence-electron chi connectivity index (χ2n) is 6.07. The average Bonchev–Trinajstić information content (AvgIpc) is 2.41. The van der Waals surface area contributed by atoms with Crippen molar-refractivity contribution < 1.29 is 4.74 Å². The number of rotatable bonds is 2. The Labute approximate surface area is 119 Å². The standard InChI is InChI=1S/C16H21N3O/c1-16(2)9-11(6-8-20-16)19-15-4-3-14(17)12-5-7-18-10-13(12)15/h3-5,7,10-11,19H,6,8-9,17H2,1-2H3. The molecule has 1 aromatic carbocycles. The van der Waals surface area contributed by atoms with Gasteiger partial charge in [0.25, 0.3) is 0 Å². The van der Waals surface area contributed by atoms with Gasteiger partial charge in [0.15, 0.2) is 0 Å². The van der Waals surface area contributed by atoms with Crippen LogP contribution < -0.4 is 11.1 Å². The van der Waals surface area contributed by atoms with Gasteiger partial charge in [-0.15, -0.1) is 0 Å². The van der Waals surface area contributed by atoms with Gasteiger partial charge in [-0.2, -0.15) is 0 Å². The van der Waals surface area contributed by atoms with Gasteiger partial charge in [-0.05, 0) is 44.9 Å². The lowest BCUT2D eigenvalue weighted by molar-refractivity contribution is -0.0553. The minimum atomic E-state index is -0.0578. The largest absolute Gasteiger partial charge is 0.398 e. The summed E-state index contributed by atoms with van der Waals surface area (Å²) >= 11 is 0. The van der Waals surface area contributed by atoms with Gasteiger partial charge in [0.2, 0.25) is 0 Å². The highest BCUT2D eigenvalue weighted by atomic mass is 16.5. The van der Waals surface area contributed by atoms with Crippen molar-refractivity contribution in [3.05, 3.63) is 30.6 Å². The number of nitrogens with zero attached hydrogens (tertiary/aromatic N) is 1. The fourth-order valence-corrected chi connectivity index (χ4v) is 2.91. The number of anilines is 2. The topological polar surface area (TPSA) is 60.2 Å². The number of ether oxygens (including phenoxy) is 1. The van der Waals surface area contributed by atoms with Gasteiger partial charge in [-0.25, -0.2) is 0 Å². The maximum atomic E-state index is 6.03. The zero-order valence-corrected chi connectivity index (χ0v) is 12.0. The smallest absolute Gasteiger partial charge is 0.0646 e. The highest BCUT2D eigenvalue weighted by Gasteiger charge is 2.28. The third-order valence-electron chi connectivity index (χ3n) is 3.91. The first-order chi connectivity index (χ1) is 9.55. The van der Waals surface area contributed by atoms with Crippen molar-refractivity contribution in [2.75, 3.05) is 17.7 Å². The van der Waals surface area contributed by atoms with E-state index >= 15 is 0 Å². The van der Waals surface area contributed by atoms with Crippen molar-refractivity contribution in [3.8, 4) is 0 Å². The summed E-state index contributed by atoms with van der Waals surface area (Å²) in [5, 5.41) is 5.76. The summed E-state index contributed by atoms with van der Waals surface area (Å²) in [6.07, 6.45) is 5.67. The van der Waals surface area contributed by atoms with E-state index < -0.39 is 0 Å². The van der Waals surface area contributed by atoms with E-state index in [1.807, 2.05) is 24.4 Å². The van der Waals surface area contributed by atoms with Crippen molar-refractivity contribution in [1.82, 2.24) is 4.98 Å². The summed E-state index contributed by atoms with van der Waals surface area (Å²) in [6.45, 7) is 5.09.